The largest absolute Gasteiger partial charge is 0.409 e. The van der Waals surface area contributed by atoms with Crippen molar-refractivity contribution in [2.75, 3.05) is 0 Å². The zero-order valence-corrected chi connectivity index (χ0v) is 18.9. The first kappa shape index (κ1) is 20.9. The van der Waals surface area contributed by atoms with E-state index >= 15 is 0 Å². The summed E-state index contributed by atoms with van der Waals surface area (Å²) < 4.78 is 6.89. The van der Waals surface area contributed by atoms with Crippen LogP contribution in [0.5, 0.6) is 0 Å². The van der Waals surface area contributed by atoms with Gasteiger partial charge in [-0.25, -0.2) is 4.98 Å². The van der Waals surface area contributed by atoms with E-state index in [4.69, 9.17) is 9.41 Å². The number of nitrogens with zero attached hydrogens (tertiary/aromatic N) is 1. The lowest BCUT2D eigenvalue weighted by molar-refractivity contribution is 0.220. The quantitative estimate of drug-likeness (QED) is 0.536. The predicted molar refractivity (Wildman–Crippen MR) is 106 cm³/mol. The molecule has 0 fully saturated rings. The summed E-state index contributed by atoms with van der Waals surface area (Å²) in [5.74, 6) is 0.489. The average Bonchev–Trinajstić information content (AvgIpc) is 2.72. The molecular formula is C19H37NOSSi. The number of rotatable bonds is 4. The monoisotopic (exact) mass is 355 g/mol. The Balaban J connectivity index is 3.20. The van der Waals surface area contributed by atoms with Crippen LogP contribution >= 0.6 is 11.3 Å². The number of hydrogen-bond donors (Lipinski definition) is 0. The van der Waals surface area contributed by atoms with Gasteiger partial charge in [-0.05, 0) is 15.1 Å². The molecule has 0 aliphatic rings. The topological polar surface area (TPSA) is 22.1 Å². The van der Waals surface area contributed by atoms with Crippen molar-refractivity contribution in [3.8, 4) is 0 Å². The molecule has 1 aromatic rings. The average molecular weight is 356 g/mol. The molecule has 0 aromatic carbocycles. The van der Waals surface area contributed by atoms with Gasteiger partial charge in [0.25, 0.3) is 0 Å². The van der Waals surface area contributed by atoms with Gasteiger partial charge in [0.05, 0.1) is 17.3 Å². The summed E-state index contributed by atoms with van der Waals surface area (Å²) in [7, 11) is -2.14. The maximum atomic E-state index is 6.89. The Morgan fingerprint density at radius 3 is 1.70 bits per heavy atom. The van der Waals surface area contributed by atoms with Crippen LogP contribution < -0.4 is 0 Å². The molecular weight excluding hydrogens is 318 g/mol. The molecule has 1 aromatic heterocycles. The minimum atomic E-state index is -2.14. The lowest BCUT2D eigenvalue weighted by Crippen LogP contribution is -2.60. The predicted octanol–water partition coefficient (Wildman–Crippen LogP) is 7.13. The summed E-state index contributed by atoms with van der Waals surface area (Å²) in [6.45, 7) is 26.3. The number of hydrogen-bond acceptors (Lipinski definition) is 3. The van der Waals surface area contributed by atoms with Crippen molar-refractivity contribution in [3.05, 3.63) is 16.1 Å². The van der Waals surface area contributed by atoms with E-state index in [0.29, 0.717) is 12.5 Å². The minimum absolute atomic E-state index is 0.153. The Bertz CT molecular complexity index is 479. The van der Waals surface area contributed by atoms with E-state index in [1.54, 1.807) is 11.3 Å². The molecule has 0 amide bonds. The van der Waals surface area contributed by atoms with Crippen LogP contribution in [0.25, 0.3) is 0 Å². The van der Waals surface area contributed by atoms with Crippen LogP contribution in [0, 0.1) is 0 Å². The van der Waals surface area contributed by atoms with Crippen molar-refractivity contribution in [3.63, 3.8) is 0 Å². The van der Waals surface area contributed by atoms with E-state index in [1.807, 2.05) is 0 Å². The van der Waals surface area contributed by atoms with Crippen molar-refractivity contribution in [1.29, 1.82) is 0 Å². The molecule has 2 nitrogen and oxygen atoms in total. The van der Waals surface area contributed by atoms with Crippen LogP contribution in [0.4, 0.5) is 0 Å². The van der Waals surface area contributed by atoms with E-state index in [0.717, 1.165) is 5.69 Å². The Morgan fingerprint density at radius 1 is 0.957 bits per heavy atom. The highest BCUT2D eigenvalue weighted by Crippen LogP contribution is 2.62. The molecule has 0 unspecified atom stereocenters. The Labute approximate surface area is 149 Å². The zero-order valence-electron chi connectivity index (χ0n) is 17.1. The van der Waals surface area contributed by atoms with Crippen molar-refractivity contribution >= 4 is 19.7 Å². The van der Waals surface area contributed by atoms with Gasteiger partial charge < -0.3 is 4.43 Å². The molecule has 0 saturated carbocycles. The van der Waals surface area contributed by atoms with Crippen LogP contribution in [0.2, 0.25) is 15.1 Å². The van der Waals surface area contributed by atoms with Gasteiger partial charge in [0.1, 0.15) is 0 Å². The van der Waals surface area contributed by atoms with E-state index in [9.17, 15) is 0 Å². The summed E-state index contributed by atoms with van der Waals surface area (Å²) in [6.07, 6.45) is 0. The van der Waals surface area contributed by atoms with Gasteiger partial charge >= 0.3 is 0 Å². The fraction of sp³-hybridized carbons (Fsp3) is 0.842. The zero-order chi connectivity index (χ0) is 18.3. The molecule has 0 bridgehead atoms. The van der Waals surface area contributed by atoms with Gasteiger partial charge in [-0.1, -0.05) is 76.2 Å². The maximum absolute atomic E-state index is 6.89. The van der Waals surface area contributed by atoms with Gasteiger partial charge in [0.15, 0.2) is 0 Å². The second-order valence-electron chi connectivity index (χ2n) is 10.1. The van der Waals surface area contributed by atoms with Crippen LogP contribution in [-0.4, -0.2) is 13.3 Å². The lowest BCUT2D eigenvalue weighted by Gasteiger charge is -2.57. The van der Waals surface area contributed by atoms with Crippen molar-refractivity contribution in [2.45, 2.75) is 104 Å². The second-order valence-corrected chi connectivity index (χ2v) is 17.1. The molecule has 0 aliphatic carbocycles. The molecule has 1 rings (SSSR count). The van der Waals surface area contributed by atoms with Gasteiger partial charge in [0, 0.05) is 11.3 Å². The highest BCUT2D eigenvalue weighted by atomic mass is 32.1. The first-order chi connectivity index (χ1) is 10.1. The minimum Gasteiger partial charge on any atom is -0.409 e. The SMILES string of the molecule is CC(C)c1nc(CO[Si](C(C)(C)C)(C(C)(C)C)C(C)(C)C)cs1. The lowest BCUT2D eigenvalue weighted by atomic mass is 10.2. The van der Waals surface area contributed by atoms with Gasteiger partial charge in [-0.15, -0.1) is 11.3 Å². The molecule has 0 saturated heterocycles. The van der Waals surface area contributed by atoms with E-state index in [2.05, 4.69) is 81.5 Å². The summed E-state index contributed by atoms with van der Waals surface area (Å²) in [6, 6.07) is 0. The Kier molecular flexibility index (Phi) is 5.99. The summed E-state index contributed by atoms with van der Waals surface area (Å²) >= 11 is 1.76. The van der Waals surface area contributed by atoms with Crippen molar-refractivity contribution in [2.24, 2.45) is 0 Å². The van der Waals surface area contributed by atoms with Gasteiger partial charge in [-0.3, -0.25) is 0 Å². The molecule has 0 spiro atoms. The standard InChI is InChI=1S/C19H37NOSSi/c1-14(2)16-20-15(13-22-16)12-21-23(17(3,4)5,18(6,7)8)19(9,10)11/h13-14H,12H2,1-11H3. The van der Waals surface area contributed by atoms with Gasteiger partial charge in [0.2, 0.25) is 8.32 Å². The molecule has 4 heteroatoms. The first-order valence-electron chi connectivity index (χ1n) is 8.72. The third-order valence-corrected chi connectivity index (χ3v) is 12.8. The van der Waals surface area contributed by atoms with Gasteiger partial charge in [-0.2, -0.15) is 0 Å². The highest BCUT2D eigenvalue weighted by Gasteiger charge is 2.61. The smallest absolute Gasteiger partial charge is 0.209 e. The van der Waals surface area contributed by atoms with Crippen molar-refractivity contribution < 1.29 is 4.43 Å². The molecule has 23 heavy (non-hydrogen) atoms. The molecule has 0 N–H and O–H groups in total. The normalized spacial score (nSPS) is 14.6. The molecule has 1 heterocycles. The van der Waals surface area contributed by atoms with Crippen LogP contribution in [0.3, 0.4) is 0 Å². The fourth-order valence-electron chi connectivity index (χ4n) is 4.86. The Morgan fingerprint density at radius 2 is 1.39 bits per heavy atom. The van der Waals surface area contributed by atoms with E-state index < -0.39 is 8.32 Å². The molecule has 0 atom stereocenters. The molecule has 0 aliphatic heterocycles. The fourth-order valence-corrected chi connectivity index (χ4v) is 14.1. The van der Waals surface area contributed by atoms with Crippen LogP contribution in [-0.2, 0) is 11.0 Å². The number of aromatic nitrogens is 1. The summed E-state index contributed by atoms with van der Waals surface area (Å²) in [5, 5.41) is 3.84. The number of thiazole rings is 1. The molecule has 134 valence electrons. The van der Waals surface area contributed by atoms with Crippen LogP contribution in [0.15, 0.2) is 5.38 Å². The van der Waals surface area contributed by atoms with Crippen LogP contribution in [0.1, 0.15) is 92.8 Å². The highest BCUT2D eigenvalue weighted by molar-refractivity contribution is 7.09. The first-order valence-corrected chi connectivity index (χ1v) is 11.5. The third kappa shape index (κ3) is 4.08. The maximum Gasteiger partial charge on any atom is 0.209 e. The Hall–Kier alpha value is -0.193. The summed E-state index contributed by atoms with van der Waals surface area (Å²) in [5.41, 5.74) is 1.09. The summed E-state index contributed by atoms with van der Waals surface area (Å²) in [4.78, 5) is 4.77. The third-order valence-electron chi connectivity index (χ3n) is 4.67. The molecule has 0 radical (unpaired) electrons. The van der Waals surface area contributed by atoms with E-state index in [1.165, 1.54) is 5.01 Å². The second kappa shape index (κ2) is 6.60. The van der Waals surface area contributed by atoms with Crippen molar-refractivity contribution in [1.82, 2.24) is 4.98 Å². The van der Waals surface area contributed by atoms with E-state index in [-0.39, 0.29) is 15.1 Å².